The standard InChI is InChI=1S/C25H28F3N5O/c1-33(2)22-20-8-3-4-9-21(20)31-24(32-22)30-19-12-10-17(11-13-19)23(34)29-15-16-6-5-7-18(14-16)25(26,27)28/h3-9,14,17,19H,10-13,15H2,1-2H3,(H,29,34)(H,30,31,32). The summed E-state index contributed by atoms with van der Waals surface area (Å²) in [4.78, 5) is 23.9. The molecule has 0 saturated heterocycles. The SMILES string of the molecule is CN(C)c1nc(NC2CCC(C(=O)NCc3cccc(C(F)(F)F)c3)CC2)nc2ccccc12. The number of hydrogen-bond donors (Lipinski definition) is 2. The maximum Gasteiger partial charge on any atom is 0.416 e. The lowest BCUT2D eigenvalue weighted by molar-refractivity contribution is -0.137. The van der Waals surface area contributed by atoms with Gasteiger partial charge in [0.15, 0.2) is 0 Å². The smallest absolute Gasteiger partial charge is 0.362 e. The van der Waals surface area contributed by atoms with Crippen LogP contribution in [-0.4, -0.2) is 36.0 Å². The summed E-state index contributed by atoms with van der Waals surface area (Å²) >= 11 is 0. The maximum absolute atomic E-state index is 12.9. The first-order valence-electron chi connectivity index (χ1n) is 11.3. The number of aromatic nitrogens is 2. The molecule has 1 aliphatic carbocycles. The molecule has 34 heavy (non-hydrogen) atoms. The lowest BCUT2D eigenvalue weighted by Crippen LogP contribution is -2.36. The van der Waals surface area contributed by atoms with Crippen LogP contribution in [-0.2, 0) is 17.5 Å². The van der Waals surface area contributed by atoms with E-state index in [0.29, 0.717) is 24.4 Å². The molecule has 0 radical (unpaired) electrons. The normalized spacial score (nSPS) is 18.5. The summed E-state index contributed by atoms with van der Waals surface area (Å²) < 4.78 is 38.7. The van der Waals surface area contributed by atoms with Crippen molar-refractivity contribution >= 4 is 28.6 Å². The number of halogens is 3. The fourth-order valence-electron chi connectivity index (χ4n) is 4.34. The van der Waals surface area contributed by atoms with Crippen molar-refractivity contribution in [1.29, 1.82) is 0 Å². The number of nitrogens with zero attached hydrogens (tertiary/aromatic N) is 3. The molecule has 0 unspecified atom stereocenters. The van der Waals surface area contributed by atoms with Gasteiger partial charge in [0.25, 0.3) is 0 Å². The quantitative estimate of drug-likeness (QED) is 0.529. The summed E-state index contributed by atoms with van der Waals surface area (Å²) in [6.07, 6.45) is -1.43. The van der Waals surface area contributed by atoms with Gasteiger partial charge in [0.2, 0.25) is 11.9 Å². The predicted molar refractivity (Wildman–Crippen MR) is 127 cm³/mol. The molecular weight excluding hydrogens is 443 g/mol. The second kappa shape index (κ2) is 9.87. The molecular formula is C25H28F3N5O. The summed E-state index contributed by atoms with van der Waals surface area (Å²) in [6.45, 7) is 0.0825. The minimum atomic E-state index is -4.40. The predicted octanol–water partition coefficient (Wildman–Crippen LogP) is 5.00. The number of carbonyl (C=O) groups excluding carboxylic acids is 1. The Morgan fingerprint density at radius 1 is 1.03 bits per heavy atom. The maximum atomic E-state index is 12.9. The average Bonchev–Trinajstić information content (AvgIpc) is 2.82. The Morgan fingerprint density at radius 2 is 1.76 bits per heavy atom. The molecule has 1 saturated carbocycles. The Bertz CT molecular complexity index is 1160. The zero-order valence-electron chi connectivity index (χ0n) is 19.2. The second-order valence-corrected chi connectivity index (χ2v) is 8.89. The molecule has 0 aliphatic heterocycles. The highest BCUT2D eigenvalue weighted by Crippen LogP contribution is 2.30. The van der Waals surface area contributed by atoms with Gasteiger partial charge in [-0.3, -0.25) is 4.79 Å². The van der Waals surface area contributed by atoms with E-state index in [4.69, 9.17) is 0 Å². The van der Waals surface area contributed by atoms with Gasteiger partial charge >= 0.3 is 6.18 Å². The van der Waals surface area contributed by atoms with Crippen molar-refractivity contribution in [1.82, 2.24) is 15.3 Å². The molecule has 1 heterocycles. The monoisotopic (exact) mass is 471 g/mol. The molecule has 3 aromatic rings. The Morgan fingerprint density at radius 3 is 2.47 bits per heavy atom. The van der Waals surface area contributed by atoms with Crippen molar-refractivity contribution in [3.8, 4) is 0 Å². The van der Waals surface area contributed by atoms with Gasteiger partial charge in [-0.2, -0.15) is 18.2 Å². The van der Waals surface area contributed by atoms with E-state index in [1.807, 2.05) is 43.3 Å². The zero-order chi connectivity index (χ0) is 24.3. The third-order valence-electron chi connectivity index (χ3n) is 6.16. The number of carbonyl (C=O) groups is 1. The van der Waals surface area contributed by atoms with Crippen molar-refractivity contribution in [3.05, 3.63) is 59.7 Å². The van der Waals surface area contributed by atoms with Gasteiger partial charge in [-0.1, -0.05) is 24.3 Å². The third-order valence-corrected chi connectivity index (χ3v) is 6.16. The second-order valence-electron chi connectivity index (χ2n) is 8.89. The molecule has 1 amide bonds. The minimum Gasteiger partial charge on any atom is -0.362 e. The molecule has 0 spiro atoms. The molecule has 2 N–H and O–H groups in total. The average molecular weight is 472 g/mol. The molecule has 9 heteroatoms. The van der Waals surface area contributed by atoms with E-state index in [1.165, 1.54) is 6.07 Å². The van der Waals surface area contributed by atoms with Gasteiger partial charge in [-0.15, -0.1) is 0 Å². The highest BCUT2D eigenvalue weighted by molar-refractivity contribution is 5.90. The van der Waals surface area contributed by atoms with Crippen LogP contribution in [0.2, 0.25) is 0 Å². The Balaban J connectivity index is 1.32. The Kier molecular flexibility index (Phi) is 6.90. The first kappa shape index (κ1) is 23.8. The van der Waals surface area contributed by atoms with Crippen LogP contribution in [0.4, 0.5) is 24.9 Å². The lowest BCUT2D eigenvalue weighted by Gasteiger charge is -2.28. The van der Waals surface area contributed by atoms with Gasteiger partial charge in [0.1, 0.15) is 5.82 Å². The van der Waals surface area contributed by atoms with Crippen LogP contribution < -0.4 is 15.5 Å². The number of nitrogens with one attached hydrogen (secondary N) is 2. The topological polar surface area (TPSA) is 70.2 Å². The number of benzene rings is 2. The van der Waals surface area contributed by atoms with Crippen molar-refractivity contribution in [3.63, 3.8) is 0 Å². The highest BCUT2D eigenvalue weighted by atomic mass is 19.4. The number of anilines is 2. The van der Waals surface area contributed by atoms with E-state index in [1.54, 1.807) is 6.07 Å². The molecule has 6 nitrogen and oxygen atoms in total. The first-order chi connectivity index (χ1) is 16.2. The van der Waals surface area contributed by atoms with Gasteiger partial charge in [0, 0.05) is 38.0 Å². The Hall–Kier alpha value is -3.36. The van der Waals surface area contributed by atoms with E-state index in [2.05, 4.69) is 20.6 Å². The van der Waals surface area contributed by atoms with E-state index in [9.17, 15) is 18.0 Å². The molecule has 1 fully saturated rings. The van der Waals surface area contributed by atoms with Crippen LogP contribution >= 0.6 is 0 Å². The number of alkyl halides is 3. The van der Waals surface area contributed by atoms with Crippen molar-refractivity contribution in [2.75, 3.05) is 24.3 Å². The van der Waals surface area contributed by atoms with Gasteiger partial charge in [-0.05, 0) is 55.5 Å². The third kappa shape index (κ3) is 5.58. The fourth-order valence-corrected chi connectivity index (χ4v) is 4.34. The number of para-hydroxylation sites is 1. The number of fused-ring (bicyclic) bond motifs is 1. The summed E-state index contributed by atoms with van der Waals surface area (Å²) in [5, 5.41) is 7.20. The summed E-state index contributed by atoms with van der Waals surface area (Å²) in [6, 6.07) is 13.1. The minimum absolute atomic E-state index is 0.0825. The van der Waals surface area contributed by atoms with E-state index < -0.39 is 11.7 Å². The number of rotatable bonds is 6. The molecule has 1 aromatic heterocycles. The van der Waals surface area contributed by atoms with Crippen LogP contribution in [0.15, 0.2) is 48.5 Å². The largest absolute Gasteiger partial charge is 0.416 e. The molecule has 0 atom stereocenters. The van der Waals surface area contributed by atoms with E-state index in [-0.39, 0.29) is 24.4 Å². The van der Waals surface area contributed by atoms with Crippen LogP contribution in [0, 0.1) is 5.92 Å². The summed E-state index contributed by atoms with van der Waals surface area (Å²) in [5.41, 5.74) is 0.592. The van der Waals surface area contributed by atoms with Crippen molar-refractivity contribution in [2.45, 2.75) is 44.4 Å². The van der Waals surface area contributed by atoms with Crippen LogP contribution in [0.25, 0.3) is 10.9 Å². The molecule has 1 aliphatic rings. The summed E-state index contributed by atoms with van der Waals surface area (Å²) in [7, 11) is 3.89. The molecule has 180 valence electrons. The first-order valence-corrected chi connectivity index (χ1v) is 11.3. The van der Waals surface area contributed by atoms with Gasteiger partial charge in [-0.25, -0.2) is 4.98 Å². The number of amides is 1. The van der Waals surface area contributed by atoms with Crippen LogP contribution in [0.5, 0.6) is 0 Å². The van der Waals surface area contributed by atoms with Gasteiger partial charge < -0.3 is 15.5 Å². The van der Waals surface area contributed by atoms with E-state index in [0.717, 1.165) is 41.7 Å². The Labute approximate surface area is 196 Å². The molecule has 0 bridgehead atoms. The zero-order valence-corrected chi connectivity index (χ0v) is 19.2. The van der Waals surface area contributed by atoms with Gasteiger partial charge in [0.05, 0.1) is 11.1 Å². The summed E-state index contributed by atoms with van der Waals surface area (Å²) in [5.74, 6) is 1.14. The fraction of sp³-hybridized carbons (Fsp3) is 0.400. The van der Waals surface area contributed by atoms with E-state index >= 15 is 0 Å². The van der Waals surface area contributed by atoms with Crippen LogP contribution in [0.1, 0.15) is 36.8 Å². The van der Waals surface area contributed by atoms with Crippen molar-refractivity contribution < 1.29 is 18.0 Å². The molecule has 4 rings (SSSR count). The molecule has 2 aromatic carbocycles. The van der Waals surface area contributed by atoms with Crippen molar-refractivity contribution in [2.24, 2.45) is 5.92 Å². The lowest BCUT2D eigenvalue weighted by atomic mass is 9.85. The highest BCUT2D eigenvalue weighted by Gasteiger charge is 2.30. The van der Waals surface area contributed by atoms with Crippen LogP contribution in [0.3, 0.4) is 0 Å². The number of hydrogen-bond acceptors (Lipinski definition) is 5.